The quantitative estimate of drug-likeness (QED) is 0.858. The van der Waals surface area contributed by atoms with Crippen LogP contribution in [-0.4, -0.2) is 11.5 Å². The molecule has 0 fully saturated rings. The van der Waals surface area contributed by atoms with E-state index >= 15 is 0 Å². The van der Waals surface area contributed by atoms with Gasteiger partial charge in [-0.15, -0.1) is 0 Å². The number of ether oxygens (including phenoxy) is 1. The van der Waals surface area contributed by atoms with Gasteiger partial charge in [0.1, 0.15) is 17.3 Å². The van der Waals surface area contributed by atoms with Crippen LogP contribution in [0.3, 0.4) is 0 Å². The van der Waals surface area contributed by atoms with E-state index in [9.17, 15) is 4.39 Å². The molecule has 1 aromatic heterocycles. The number of benzene rings is 1. The van der Waals surface area contributed by atoms with Crippen molar-refractivity contribution in [2.24, 2.45) is 5.92 Å². The van der Waals surface area contributed by atoms with E-state index < -0.39 is 0 Å². The van der Waals surface area contributed by atoms with Gasteiger partial charge >= 0.3 is 0 Å². The first-order chi connectivity index (χ1) is 10.0. The largest absolute Gasteiger partial charge is 0.455 e. The number of rotatable bonds is 6. The molecule has 0 unspecified atom stereocenters. The molecule has 0 atom stereocenters. The first-order valence-corrected chi connectivity index (χ1v) is 7.20. The van der Waals surface area contributed by atoms with Crippen molar-refractivity contribution in [1.82, 2.24) is 10.3 Å². The van der Waals surface area contributed by atoms with Gasteiger partial charge in [-0.25, -0.2) is 4.39 Å². The Balaban J connectivity index is 2.14. The summed E-state index contributed by atoms with van der Waals surface area (Å²) in [5.74, 6) is 1.36. The predicted octanol–water partition coefficient (Wildman–Crippen LogP) is 4.41. The molecule has 0 bridgehead atoms. The van der Waals surface area contributed by atoms with E-state index in [2.05, 4.69) is 24.1 Å². The first kappa shape index (κ1) is 15.7. The lowest BCUT2D eigenvalue weighted by Gasteiger charge is -2.13. The molecule has 21 heavy (non-hydrogen) atoms. The number of nitrogens with zero attached hydrogens (tertiary/aromatic N) is 1. The highest BCUT2D eigenvalue weighted by Gasteiger charge is 2.08. The fourth-order valence-electron chi connectivity index (χ4n) is 1.86. The van der Waals surface area contributed by atoms with Gasteiger partial charge in [0.2, 0.25) is 0 Å². The van der Waals surface area contributed by atoms with E-state index in [1.807, 2.05) is 0 Å². The fraction of sp³-hybridized carbons (Fsp3) is 0.312. The summed E-state index contributed by atoms with van der Waals surface area (Å²) in [6.45, 7) is 5.63. The van der Waals surface area contributed by atoms with Gasteiger partial charge in [0.25, 0.3) is 0 Å². The van der Waals surface area contributed by atoms with Gasteiger partial charge in [0.05, 0.1) is 11.2 Å². The highest BCUT2D eigenvalue weighted by atomic mass is 35.5. The van der Waals surface area contributed by atoms with Gasteiger partial charge in [-0.1, -0.05) is 25.4 Å². The van der Waals surface area contributed by atoms with Crippen LogP contribution in [0.2, 0.25) is 5.02 Å². The van der Waals surface area contributed by atoms with Crippen molar-refractivity contribution in [2.75, 3.05) is 6.54 Å². The molecule has 0 aliphatic heterocycles. The summed E-state index contributed by atoms with van der Waals surface area (Å²) in [7, 11) is 0. The first-order valence-electron chi connectivity index (χ1n) is 6.82. The smallest absolute Gasteiger partial charge is 0.147 e. The summed E-state index contributed by atoms with van der Waals surface area (Å²) in [4.78, 5) is 3.97. The third kappa shape index (κ3) is 4.99. The second kappa shape index (κ2) is 7.38. The van der Waals surface area contributed by atoms with Gasteiger partial charge in [0.15, 0.2) is 0 Å². The fourth-order valence-corrected chi connectivity index (χ4v) is 2.02. The molecule has 0 aliphatic carbocycles. The highest BCUT2D eigenvalue weighted by molar-refractivity contribution is 6.30. The highest BCUT2D eigenvalue weighted by Crippen LogP contribution is 2.27. The van der Waals surface area contributed by atoms with E-state index in [0.717, 1.165) is 12.1 Å². The third-order valence-corrected chi connectivity index (χ3v) is 3.00. The molecule has 112 valence electrons. The second-order valence-electron chi connectivity index (χ2n) is 5.22. The second-order valence-corrected chi connectivity index (χ2v) is 5.65. The number of aromatic nitrogens is 1. The minimum absolute atomic E-state index is 0.284. The summed E-state index contributed by atoms with van der Waals surface area (Å²) in [6, 6.07) is 6.13. The zero-order chi connectivity index (χ0) is 15.2. The van der Waals surface area contributed by atoms with Crippen LogP contribution in [0.5, 0.6) is 11.5 Å². The topological polar surface area (TPSA) is 34.1 Å². The zero-order valence-electron chi connectivity index (χ0n) is 12.1. The number of hydrogen-bond donors (Lipinski definition) is 1. The molecular formula is C16H18ClFN2O. The molecular weight excluding hydrogens is 291 g/mol. The summed E-state index contributed by atoms with van der Waals surface area (Å²) >= 11 is 5.88. The Morgan fingerprint density at radius 1 is 1.29 bits per heavy atom. The Labute approximate surface area is 129 Å². The van der Waals surface area contributed by atoms with Gasteiger partial charge in [-0.05, 0) is 30.7 Å². The lowest BCUT2D eigenvalue weighted by Crippen LogP contribution is -2.19. The molecule has 2 aromatic rings. The Kier molecular flexibility index (Phi) is 5.53. The van der Waals surface area contributed by atoms with Crippen molar-refractivity contribution in [3.05, 3.63) is 53.1 Å². The van der Waals surface area contributed by atoms with Crippen molar-refractivity contribution in [3.8, 4) is 11.5 Å². The molecule has 2 rings (SSSR count). The third-order valence-electron chi connectivity index (χ3n) is 2.80. The Bertz CT molecular complexity index is 605. The maximum atomic E-state index is 13.4. The average molecular weight is 309 g/mol. The van der Waals surface area contributed by atoms with Crippen LogP contribution in [0.15, 0.2) is 36.7 Å². The van der Waals surface area contributed by atoms with E-state index in [1.54, 1.807) is 18.3 Å². The number of pyridine rings is 1. The van der Waals surface area contributed by atoms with E-state index in [4.69, 9.17) is 16.3 Å². The van der Waals surface area contributed by atoms with Crippen LogP contribution < -0.4 is 10.1 Å². The minimum Gasteiger partial charge on any atom is -0.455 e. The molecule has 0 radical (unpaired) electrons. The van der Waals surface area contributed by atoms with Gasteiger partial charge < -0.3 is 10.1 Å². The molecule has 0 saturated carbocycles. The molecule has 1 aromatic carbocycles. The number of hydrogen-bond acceptors (Lipinski definition) is 3. The summed E-state index contributed by atoms with van der Waals surface area (Å²) in [5.41, 5.74) is 0.760. The van der Waals surface area contributed by atoms with Gasteiger partial charge in [0, 0.05) is 24.4 Å². The van der Waals surface area contributed by atoms with Crippen LogP contribution in [0.4, 0.5) is 4.39 Å². The van der Waals surface area contributed by atoms with Crippen molar-refractivity contribution < 1.29 is 9.13 Å². The Morgan fingerprint density at radius 3 is 2.81 bits per heavy atom. The average Bonchev–Trinajstić information content (AvgIpc) is 2.41. The van der Waals surface area contributed by atoms with E-state index in [-0.39, 0.29) is 5.82 Å². The molecule has 0 saturated heterocycles. The number of nitrogens with one attached hydrogen (secondary N) is 1. The summed E-state index contributed by atoms with van der Waals surface area (Å²) < 4.78 is 19.2. The van der Waals surface area contributed by atoms with Gasteiger partial charge in [-0.2, -0.15) is 0 Å². The zero-order valence-corrected chi connectivity index (χ0v) is 12.8. The lowest BCUT2D eigenvalue weighted by molar-refractivity contribution is 0.464. The maximum Gasteiger partial charge on any atom is 0.147 e. The predicted molar refractivity (Wildman–Crippen MR) is 82.3 cm³/mol. The molecule has 1 heterocycles. The standard InChI is InChI=1S/C16H18ClFN2O/c1-11(2)7-19-8-12-5-14(18)3-4-16(12)21-15-6-13(17)9-20-10-15/h3-6,9-11,19H,7-8H2,1-2H3. The Morgan fingerprint density at radius 2 is 2.10 bits per heavy atom. The molecule has 3 nitrogen and oxygen atoms in total. The van der Waals surface area contributed by atoms with Crippen LogP contribution in [0, 0.1) is 11.7 Å². The molecule has 0 amide bonds. The van der Waals surface area contributed by atoms with Crippen molar-refractivity contribution in [3.63, 3.8) is 0 Å². The van der Waals surface area contributed by atoms with E-state index in [1.165, 1.54) is 18.3 Å². The monoisotopic (exact) mass is 308 g/mol. The summed E-state index contributed by atoms with van der Waals surface area (Å²) in [5, 5.41) is 3.77. The van der Waals surface area contributed by atoms with Crippen LogP contribution in [-0.2, 0) is 6.54 Å². The van der Waals surface area contributed by atoms with Crippen molar-refractivity contribution in [1.29, 1.82) is 0 Å². The van der Waals surface area contributed by atoms with Gasteiger partial charge in [-0.3, -0.25) is 4.98 Å². The maximum absolute atomic E-state index is 13.4. The molecule has 5 heteroatoms. The van der Waals surface area contributed by atoms with E-state index in [0.29, 0.717) is 29.0 Å². The van der Waals surface area contributed by atoms with Crippen molar-refractivity contribution in [2.45, 2.75) is 20.4 Å². The van der Waals surface area contributed by atoms with Crippen LogP contribution in [0.1, 0.15) is 19.4 Å². The van der Waals surface area contributed by atoms with Crippen LogP contribution >= 0.6 is 11.6 Å². The molecule has 0 aliphatic rings. The normalized spacial score (nSPS) is 10.9. The molecule has 1 N–H and O–H groups in total. The number of halogens is 2. The molecule has 0 spiro atoms. The SMILES string of the molecule is CC(C)CNCc1cc(F)ccc1Oc1cncc(Cl)c1. The summed E-state index contributed by atoms with van der Waals surface area (Å²) in [6.07, 6.45) is 3.10. The lowest BCUT2D eigenvalue weighted by atomic mass is 10.1. The Hall–Kier alpha value is -1.65. The minimum atomic E-state index is -0.284. The van der Waals surface area contributed by atoms with Crippen molar-refractivity contribution >= 4 is 11.6 Å². The van der Waals surface area contributed by atoms with Crippen LogP contribution in [0.25, 0.3) is 0 Å².